The summed E-state index contributed by atoms with van der Waals surface area (Å²) in [6.45, 7) is 0. The molecule has 5 nitrogen and oxygen atoms in total. The maximum atomic E-state index is 11.7. The second-order valence-corrected chi connectivity index (χ2v) is 5.36. The van der Waals surface area contributed by atoms with Crippen LogP contribution in [-0.2, 0) is 11.2 Å². The molecule has 1 atom stereocenters. The van der Waals surface area contributed by atoms with Crippen LogP contribution in [0.1, 0.15) is 5.56 Å². The van der Waals surface area contributed by atoms with Crippen LogP contribution in [0, 0.1) is 0 Å². The summed E-state index contributed by atoms with van der Waals surface area (Å²) in [5, 5.41) is 13.4. The maximum absolute atomic E-state index is 11.7. The Bertz CT molecular complexity index is 831. The molecule has 1 unspecified atom stereocenters. The summed E-state index contributed by atoms with van der Waals surface area (Å²) in [6, 6.07) is 17.7. The summed E-state index contributed by atoms with van der Waals surface area (Å²) in [4.78, 5) is 16.2. The second-order valence-electron chi connectivity index (χ2n) is 5.36. The Morgan fingerprint density at radius 3 is 2.57 bits per heavy atom. The van der Waals surface area contributed by atoms with Gasteiger partial charge in [0, 0.05) is 11.8 Å². The first-order valence-electron chi connectivity index (χ1n) is 7.31. The number of phenolic OH excluding ortho intramolecular Hbond substituents is 1. The minimum Gasteiger partial charge on any atom is -0.508 e. The topological polar surface area (TPSA) is 88.2 Å². The van der Waals surface area contributed by atoms with Crippen LogP contribution in [0.15, 0.2) is 60.7 Å². The molecule has 0 spiro atoms. The quantitative estimate of drug-likeness (QED) is 0.675. The van der Waals surface area contributed by atoms with E-state index in [2.05, 4.69) is 10.3 Å². The van der Waals surface area contributed by atoms with E-state index in [1.54, 1.807) is 24.3 Å². The molecule has 0 aliphatic carbocycles. The van der Waals surface area contributed by atoms with Crippen molar-refractivity contribution in [2.45, 2.75) is 12.5 Å². The van der Waals surface area contributed by atoms with Gasteiger partial charge in [-0.2, -0.15) is 0 Å². The third-order valence-corrected chi connectivity index (χ3v) is 3.64. The molecule has 23 heavy (non-hydrogen) atoms. The van der Waals surface area contributed by atoms with E-state index < -0.39 is 11.9 Å². The predicted octanol–water partition coefficient (Wildman–Crippen LogP) is 2.45. The van der Waals surface area contributed by atoms with Crippen LogP contribution in [0.5, 0.6) is 5.75 Å². The Balaban J connectivity index is 1.80. The molecule has 116 valence electrons. The number of aromatic nitrogens is 1. The summed E-state index contributed by atoms with van der Waals surface area (Å²) in [5.74, 6) is 0.341. The van der Waals surface area contributed by atoms with Gasteiger partial charge in [0.15, 0.2) is 0 Å². The molecule has 3 rings (SSSR count). The van der Waals surface area contributed by atoms with Gasteiger partial charge in [0.05, 0.1) is 5.52 Å². The van der Waals surface area contributed by atoms with Crippen molar-refractivity contribution in [3.8, 4) is 5.75 Å². The van der Waals surface area contributed by atoms with Crippen molar-refractivity contribution in [3.63, 3.8) is 0 Å². The van der Waals surface area contributed by atoms with E-state index in [0.29, 0.717) is 12.2 Å². The van der Waals surface area contributed by atoms with E-state index in [0.717, 1.165) is 16.5 Å². The van der Waals surface area contributed by atoms with E-state index in [1.165, 1.54) is 0 Å². The number of carbonyl (C=O) groups is 1. The molecule has 4 N–H and O–H groups in total. The van der Waals surface area contributed by atoms with Gasteiger partial charge in [0.1, 0.15) is 17.6 Å². The molecule has 0 bridgehead atoms. The largest absolute Gasteiger partial charge is 0.508 e. The van der Waals surface area contributed by atoms with Crippen LogP contribution in [0.4, 0.5) is 5.82 Å². The van der Waals surface area contributed by atoms with Crippen LogP contribution >= 0.6 is 0 Å². The van der Waals surface area contributed by atoms with Crippen molar-refractivity contribution in [2.24, 2.45) is 5.73 Å². The van der Waals surface area contributed by atoms with E-state index in [9.17, 15) is 9.90 Å². The fraction of sp³-hybridized carbons (Fsp3) is 0.111. The number of primary amides is 1. The first-order chi connectivity index (χ1) is 11.1. The van der Waals surface area contributed by atoms with Gasteiger partial charge in [-0.15, -0.1) is 0 Å². The Hall–Kier alpha value is -3.08. The van der Waals surface area contributed by atoms with Crippen molar-refractivity contribution in [1.82, 2.24) is 4.98 Å². The molecule has 2 aromatic carbocycles. The van der Waals surface area contributed by atoms with Crippen LogP contribution in [0.3, 0.4) is 0 Å². The van der Waals surface area contributed by atoms with Gasteiger partial charge in [-0.3, -0.25) is 4.79 Å². The number of nitrogens with one attached hydrogen (secondary N) is 1. The summed E-state index contributed by atoms with van der Waals surface area (Å²) in [6.07, 6.45) is 0.421. The van der Waals surface area contributed by atoms with Crippen LogP contribution in [0.2, 0.25) is 0 Å². The minimum absolute atomic E-state index is 0.188. The molecule has 0 saturated heterocycles. The molecule has 0 fully saturated rings. The summed E-state index contributed by atoms with van der Waals surface area (Å²) < 4.78 is 0. The predicted molar refractivity (Wildman–Crippen MR) is 90.2 cm³/mol. The van der Waals surface area contributed by atoms with Gasteiger partial charge in [-0.05, 0) is 35.9 Å². The molecule has 0 aliphatic heterocycles. The Morgan fingerprint density at radius 1 is 1.09 bits per heavy atom. The molecule has 5 heteroatoms. The first kappa shape index (κ1) is 14.8. The van der Waals surface area contributed by atoms with Crippen molar-refractivity contribution in [3.05, 3.63) is 66.2 Å². The third kappa shape index (κ3) is 3.58. The average Bonchev–Trinajstić information content (AvgIpc) is 2.56. The Morgan fingerprint density at radius 2 is 1.83 bits per heavy atom. The lowest BCUT2D eigenvalue weighted by Gasteiger charge is -2.16. The van der Waals surface area contributed by atoms with E-state index in [4.69, 9.17) is 5.73 Å². The Kier molecular flexibility index (Phi) is 4.10. The summed E-state index contributed by atoms with van der Waals surface area (Å²) >= 11 is 0. The fourth-order valence-corrected chi connectivity index (χ4v) is 2.42. The number of nitrogens with zero attached hydrogens (tertiary/aromatic N) is 1. The van der Waals surface area contributed by atoms with E-state index >= 15 is 0 Å². The second kappa shape index (κ2) is 6.36. The number of phenols is 1. The number of nitrogens with two attached hydrogens (primary N) is 1. The highest BCUT2D eigenvalue weighted by molar-refractivity contribution is 5.84. The smallest absolute Gasteiger partial charge is 0.240 e. The standard InChI is InChI=1S/C18H17N3O2/c19-18(23)16(11-12-5-8-14(22)9-6-12)21-17-10-7-13-3-1-2-4-15(13)20-17/h1-10,16,22H,11H2,(H2,19,23)(H,20,21). The molecule has 1 aromatic heterocycles. The summed E-state index contributed by atoms with van der Waals surface area (Å²) in [5.41, 5.74) is 7.25. The fourth-order valence-electron chi connectivity index (χ4n) is 2.42. The van der Waals surface area contributed by atoms with E-state index in [-0.39, 0.29) is 5.75 Å². The first-order valence-corrected chi connectivity index (χ1v) is 7.31. The lowest BCUT2D eigenvalue weighted by atomic mass is 10.1. The van der Waals surface area contributed by atoms with Crippen molar-refractivity contribution < 1.29 is 9.90 Å². The van der Waals surface area contributed by atoms with Gasteiger partial charge in [-0.25, -0.2) is 4.98 Å². The number of aromatic hydroxyl groups is 1. The highest BCUT2D eigenvalue weighted by atomic mass is 16.3. The lowest BCUT2D eigenvalue weighted by Crippen LogP contribution is -2.37. The monoisotopic (exact) mass is 307 g/mol. The van der Waals surface area contributed by atoms with Crippen molar-refractivity contribution in [2.75, 3.05) is 5.32 Å². The number of hydrogen-bond acceptors (Lipinski definition) is 4. The number of rotatable bonds is 5. The van der Waals surface area contributed by atoms with Gasteiger partial charge in [0.2, 0.25) is 5.91 Å². The summed E-state index contributed by atoms with van der Waals surface area (Å²) in [7, 11) is 0. The number of anilines is 1. The van der Waals surface area contributed by atoms with Crippen molar-refractivity contribution >= 4 is 22.6 Å². The van der Waals surface area contributed by atoms with Gasteiger partial charge in [-0.1, -0.05) is 30.3 Å². The normalized spacial score (nSPS) is 12.0. The zero-order chi connectivity index (χ0) is 16.2. The Labute approximate surface area is 133 Å². The highest BCUT2D eigenvalue weighted by Crippen LogP contribution is 2.17. The van der Waals surface area contributed by atoms with Gasteiger partial charge >= 0.3 is 0 Å². The number of fused-ring (bicyclic) bond motifs is 1. The van der Waals surface area contributed by atoms with Crippen LogP contribution < -0.4 is 11.1 Å². The zero-order valence-electron chi connectivity index (χ0n) is 12.4. The molecule has 3 aromatic rings. The number of amides is 1. The van der Waals surface area contributed by atoms with Crippen LogP contribution in [-0.4, -0.2) is 22.0 Å². The highest BCUT2D eigenvalue weighted by Gasteiger charge is 2.16. The number of benzene rings is 2. The molecule has 0 aliphatic rings. The zero-order valence-corrected chi connectivity index (χ0v) is 12.4. The number of carbonyl (C=O) groups excluding carboxylic acids is 1. The van der Waals surface area contributed by atoms with Crippen LogP contribution in [0.25, 0.3) is 10.9 Å². The number of para-hydroxylation sites is 1. The van der Waals surface area contributed by atoms with Gasteiger partial charge < -0.3 is 16.2 Å². The van der Waals surface area contributed by atoms with Gasteiger partial charge in [0.25, 0.3) is 0 Å². The maximum Gasteiger partial charge on any atom is 0.240 e. The molecule has 1 heterocycles. The molecule has 0 radical (unpaired) electrons. The van der Waals surface area contributed by atoms with Crippen molar-refractivity contribution in [1.29, 1.82) is 0 Å². The molecule has 0 saturated carbocycles. The molecular formula is C18H17N3O2. The van der Waals surface area contributed by atoms with E-state index in [1.807, 2.05) is 36.4 Å². The average molecular weight is 307 g/mol. The lowest BCUT2D eigenvalue weighted by molar-refractivity contribution is -0.118. The SMILES string of the molecule is NC(=O)C(Cc1ccc(O)cc1)Nc1ccc2ccccc2n1. The minimum atomic E-state index is -0.576. The number of pyridine rings is 1. The molecule has 1 amide bonds. The molecular weight excluding hydrogens is 290 g/mol. The number of hydrogen-bond donors (Lipinski definition) is 3. The third-order valence-electron chi connectivity index (χ3n) is 3.64.